The first-order chi connectivity index (χ1) is 53.9. The third-order valence-electron chi connectivity index (χ3n) is 26.9. The van der Waals surface area contributed by atoms with Gasteiger partial charge in [-0.1, -0.05) is 113 Å². The van der Waals surface area contributed by atoms with Gasteiger partial charge in [0.15, 0.2) is 0 Å². The number of nitrogens with one attached hydrogen (secondary N) is 1. The van der Waals surface area contributed by atoms with Gasteiger partial charge in [0.25, 0.3) is 0 Å². The second-order valence-electron chi connectivity index (χ2n) is 37.7. The predicted molar refractivity (Wildman–Crippen MR) is 436 cm³/mol. The monoisotopic (exact) mass is 1520 g/mol. The molecule has 4 saturated heterocycles. The molecule has 6 atom stereocenters. The molecule has 7 aromatic rings. The Morgan fingerprint density at radius 2 is 0.777 bits per heavy atom. The highest BCUT2D eigenvalue weighted by Gasteiger charge is 2.50. The minimum absolute atomic E-state index is 0.0136. The summed E-state index contributed by atoms with van der Waals surface area (Å²) < 4.78 is 8.76. The molecule has 8 heterocycles. The fraction of sp³-hybridized carbons (Fsp3) is 0.648. The van der Waals surface area contributed by atoms with Crippen LogP contribution >= 0.6 is 0 Å². The summed E-state index contributed by atoms with van der Waals surface area (Å²) in [7, 11) is 2.10. The lowest BCUT2D eigenvalue weighted by Crippen LogP contribution is -2.51. The van der Waals surface area contributed by atoms with Crippen molar-refractivity contribution >= 4 is 29.4 Å². The van der Waals surface area contributed by atoms with E-state index >= 15 is 0 Å². The Hall–Kier alpha value is -8.04. The Labute approximate surface area is 665 Å². The van der Waals surface area contributed by atoms with E-state index in [-0.39, 0.29) is 59.1 Å². The molecule has 10 fully saturated rings. The van der Waals surface area contributed by atoms with Gasteiger partial charge in [-0.15, -0.1) is 30.6 Å². The van der Waals surface area contributed by atoms with Crippen molar-refractivity contribution in [1.29, 1.82) is 0 Å². The number of carbonyl (C=O) groups is 5. The number of amides is 3. The van der Waals surface area contributed by atoms with E-state index in [4.69, 9.17) is 30.6 Å². The van der Waals surface area contributed by atoms with Crippen LogP contribution in [0.25, 0.3) is 0 Å². The average Bonchev–Trinajstić information content (AvgIpc) is 1.60. The Morgan fingerprint density at radius 3 is 1.12 bits per heavy atom. The molecule has 0 bridgehead atoms. The Bertz CT molecular complexity index is 4490. The van der Waals surface area contributed by atoms with E-state index in [1.807, 2.05) is 9.80 Å². The number of imidazole rings is 1. The van der Waals surface area contributed by atoms with Crippen LogP contribution in [0, 0.1) is 94.8 Å². The quantitative estimate of drug-likeness (QED) is 0.0595. The molecule has 6 saturated carbocycles. The van der Waals surface area contributed by atoms with Crippen LogP contribution in [-0.4, -0.2) is 175 Å². The number of aromatic nitrogens is 11. The van der Waals surface area contributed by atoms with Crippen molar-refractivity contribution in [3.8, 4) is 0 Å². The van der Waals surface area contributed by atoms with Crippen molar-refractivity contribution < 1.29 is 24.0 Å². The normalized spacial score (nSPS) is 26.4. The van der Waals surface area contributed by atoms with E-state index < -0.39 is 0 Å². The number of likely N-dealkylation sites (tertiary alicyclic amines) is 2. The zero-order valence-electron chi connectivity index (χ0n) is 69.4. The van der Waals surface area contributed by atoms with Crippen LogP contribution in [0.5, 0.6) is 0 Å². The maximum Gasteiger partial charge on any atom is 0.329 e. The summed E-state index contributed by atoms with van der Waals surface area (Å²) in [6, 6.07) is 20.3. The molecule has 1 N–H and O–H groups in total. The Balaban J connectivity index is 0.000000134. The van der Waals surface area contributed by atoms with Crippen LogP contribution in [0.1, 0.15) is 277 Å². The lowest BCUT2D eigenvalue weighted by Gasteiger charge is -2.36. The molecule has 4 aliphatic heterocycles. The molecular formula is C91H126N16O5. The molecule has 3 aromatic carbocycles. The highest BCUT2D eigenvalue weighted by Crippen LogP contribution is 2.53. The van der Waals surface area contributed by atoms with E-state index in [9.17, 15) is 24.0 Å². The van der Waals surface area contributed by atoms with Crippen molar-refractivity contribution in [3.05, 3.63) is 158 Å². The van der Waals surface area contributed by atoms with Gasteiger partial charge in [0.2, 0.25) is 0 Å². The first kappa shape index (κ1) is 79.2. The molecule has 6 aliphatic carbocycles. The van der Waals surface area contributed by atoms with Crippen LogP contribution in [0.4, 0.5) is 9.59 Å². The third kappa shape index (κ3) is 17.8. The van der Waals surface area contributed by atoms with Gasteiger partial charge >= 0.3 is 12.1 Å². The van der Waals surface area contributed by atoms with Crippen LogP contribution < -0.4 is 5.32 Å². The summed E-state index contributed by atoms with van der Waals surface area (Å²) in [4.78, 5) is 80.4. The first-order valence-electron chi connectivity index (χ1n) is 43.2. The standard InChI is InChI=1S/C33H48N6O2.C31H40N6O2.C27H38N4O/c1-21(2)14-24-16-26(17-24)31-34-35-32(39(31)27-8-9-27)29-20-38(33(41)37-12-10-36(5)11-13-37)19-28(29)30(40)18-25-7-6-22(3)15-23(25)4;1-19(2)11-22-13-24(14-22)29-33-34-30(37(29)25-7-8-25)27-17-36(31(39)35-10-9-32-18-35)16-26(27)28(38)15-23-6-5-20(3)12-21(23)4;1-16(2)9-19-11-21(12-19)26-29-30-27(31(26)22-7-8-22)24-15-28-14-23(24)25(32)13-20-6-5-17(3)10-18(20)4/h6-7,15,21,24,26-29H,8-14,16-20H2,1-5H3;5-6,9-10,12,18-19,22,24-27H,7-8,11,13-17H2,1-4H3;5-6,10,16,19,21-24,28H,7-9,11-15H2,1-4H3/t24?,26?,28-,29-;22?,24?,26-,27-;19?,21?,23-,24-/m000/s1. The first-order valence-corrected chi connectivity index (χ1v) is 43.2. The molecule has 0 spiro atoms. The number of nitrogens with zero attached hydrogens (tertiary/aromatic N) is 15. The third-order valence-corrected chi connectivity index (χ3v) is 26.9. The van der Waals surface area contributed by atoms with Gasteiger partial charge < -0.3 is 38.6 Å². The zero-order valence-corrected chi connectivity index (χ0v) is 69.4. The fourth-order valence-electron chi connectivity index (χ4n) is 20.3. The zero-order chi connectivity index (χ0) is 78.5. The smallest absolute Gasteiger partial charge is 0.323 e. The molecule has 4 aromatic heterocycles. The van der Waals surface area contributed by atoms with Gasteiger partial charge in [-0.25, -0.2) is 14.6 Å². The highest BCUT2D eigenvalue weighted by molar-refractivity contribution is 5.88. The molecule has 0 radical (unpaired) electrons. The summed E-state index contributed by atoms with van der Waals surface area (Å²) in [6.07, 6.45) is 24.2. The van der Waals surface area contributed by atoms with E-state index in [1.165, 1.54) is 110 Å². The van der Waals surface area contributed by atoms with Crippen LogP contribution in [0.15, 0.2) is 73.3 Å². The van der Waals surface area contributed by atoms with Crippen molar-refractivity contribution in [1.82, 2.24) is 78.8 Å². The second-order valence-corrected chi connectivity index (χ2v) is 37.7. The predicted octanol–water partition coefficient (Wildman–Crippen LogP) is 15.3. The maximum atomic E-state index is 14.1. The van der Waals surface area contributed by atoms with Crippen LogP contribution in [0.2, 0.25) is 0 Å². The number of hydrogen-bond donors (Lipinski definition) is 1. The summed E-state index contributed by atoms with van der Waals surface area (Å²) in [5, 5.41) is 32.1. The fourth-order valence-corrected chi connectivity index (χ4v) is 20.3. The van der Waals surface area contributed by atoms with Crippen molar-refractivity contribution in [2.45, 2.75) is 252 Å². The van der Waals surface area contributed by atoms with E-state index in [2.05, 4.69) is 174 Å². The van der Waals surface area contributed by atoms with Gasteiger partial charge in [-0.3, -0.25) is 19.0 Å². The molecule has 0 unspecified atom stereocenters. The molecule has 17 rings (SSSR count). The van der Waals surface area contributed by atoms with Crippen molar-refractivity contribution in [3.63, 3.8) is 0 Å². The maximum absolute atomic E-state index is 14.1. The largest absolute Gasteiger partial charge is 0.329 e. The summed E-state index contributed by atoms with van der Waals surface area (Å²) in [6.45, 7) is 33.1. The molecule has 10 aliphatic rings. The van der Waals surface area contributed by atoms with Gasteiger partial charge in [0.05, 0.1) is 0 Å². The van der Waals surface area contributed by atoms with Gasteiger partial charge in [-0.2, -0.15) is 0 Å². The summed E-state index contributed by atoms with van der Waals surface area (Å²) in [5.41, 5.74) is 10.4. The lowest BCUT2D eigenvalue weighted by atomic mass is 9.71. The number of urea groups is 1. The number of likely N-dealkylation sites (N-methyl/N-ethyl adjacent to an activating group) is 1. The molecule has 3 amide bonds. The number of piperazine rings is 1. The van der Waals surface area contributed by atoms with Crippen LogP contribution in [0.3, 0.4) is 0 Å². The second kappa shape index (κ2) is 33.8. The number of rotatable bonds is 24. The summed E-state index contributed by atoms with van der Waals surface area (Å²) in [5.74, 6) is 12.4. The van der Waals surface area contributed by atoms with E-state index in [0.717, 1.165) is 151 Å². The van der Waals surface area contributed by atoms with Crippen molar-refractivity contribution in [2.24, 2.45) is 53.3 Å². The number of aryl methyl sites for hydroxylation is 6. The average molecular weight is 1520 g/mol. The van der Waals surface area contributed by atoms with Gasteiger partial charge in [-0.05, 0) is 214 Å². The number of carbonyl (C=O) groups excluding carboxylic acids is 5. The van der Waals surface area contributed by atoms with Gasteiger partial charge in [0, 0.05) is 168 Å². The minimum Gasteiger partial charge on any atom is -0.323 e. The Kier molecular flexibility index (Phi) is 23.9. The van der Waals surface area contributed by atoms with Crippen molar-refractivity contribution in [2.75, 3.05) is 72.5 Å². The number of ketones is 3. The molecule has 21 heteroatoms. The van der Waals surface area contributed by atoms with Gasteiger partial charge in [0.1, 0.15) is 58.6 Å². The number of hydrogen-bond acceptors (Lipinski definition) is 14. The number of benzene rings is 3. The van der Waals surface area contributed by atoms with E-state index in [1.54, 1.807) is 17.3 Å². The van der Waals surface area contributed by atoms with E-state index in [0.29, 0.717) is 93.0 Å². The SMILES string of the molecule is Cc1ccc(CC(=O)[C@H]2CN(C(=O)N3CCN(C)CC3)C[C@@H]2c2nnc(C3CC(CC(C)C)C3)n2C2CC2)c(C)c1.Cc1ccc(CC(=O)[C@H]2CN(C(=O)n3ccnc3)C[C@@H]2c2nnc(C3CC(CC(C)C)C3)n2C2CC2)c(C)c1.Cc1ccc(CC(=O)[C@H]2CNC[C@@H]2c2nnc(C3CC(CC(C)C)C3)n2C2CC2)c(C)c1. The number of Topliss-reactive ketones (excluding diaryl/α,β-unsaturated/α-hetero) is 3. The minimum atomic E-state index is -0.317. The lowest BCUT2D eigenvalue weighted by molar-refractivity contribution is -0.123. The summed E-state index contributed by atoms with van der Waals surface area (Å²) >= 11 is 0. The topological polar surface area (TPSA) is 220 Å². The molecular weight excluding hydrogens is 1400 g/mol. The van der Waals surface area contributed by atoms with Crippen LogP contribution in [-0.2, 0) is 33.6 Å². The molecule has 600 valence electrons. The molecule has 112 heavy (non-hydrogen) atoms. The molecule has 21 nitrogen and oxygen atoms in total. The highest BCUT2D eigenvalue weighted by atomic mass is 16.2. The Morgan fingerprint density at radius 1 is 0.420 bits per heavy atom.